The molecule has 0 spiro atoms. The van der Waals surface area contributed by atoms with E-state index in [0.717, 1.165) is 17.9 Å². The van der Waals surface area contributed by atoms with Gasteiger partial charge in [-0.15, -0.1) is 0 Å². The number of aliphatic hydroxyl groups excluding tert-OH is 1. The fourth-order valence-corrected chi connectivity index (χ4v) is 4.54. The van der Waals surface area contributed by atoms with Crippen LogP contribution in [0.15, 0.2) is 0 Å². The molecule has 3 rings (SSSR count). The third kappa shape index (κ3) is 1.59. The Morgan fingerprint density at radius 3 is 2.29 bits per heavy atom. The molecule has 2 saturated heterocycles. The first-order valence-corrected chi connectivity index (χ1v) is 6.96. The van der Waals surface area contributed by atoms with Gasteiger partial charge in [-0.05, 0) is 42.1 Å². The molecular weight excluding hydrogens is 194 g/mol. The van der Waals surface area contributed by atoms with Crippen molar-refractivity contribution in [2.45, 2.75) is 18.9 Å². The lowest BCUT2D eigenvalue weighted by Crippen LogP contribution is -2.52. The maximum Gasteiger partial charge on any atom is 0.0466 e. The lowest BCUT2D eigenvalue weighted by Gasteiger charge is -2.46. The molecule has 80 valence electrons. The van der Waals surface area contributed by atoms with Gasteiger partial charge in [0.1, 0.15) is 0 Å². The van der Waals surface area contributed by atoms with Gasteiger partial charge in [-0.2, -0.15) is 11.8 Å². The van der Waals surface area contributed by atoms with Crippen molar-refractivity contribution < 1.29 is 5.11 Å². The van der Waals surface area contributed by atoms with E-state index in [4.69, 9.17) is 0 Å². The molecule has 1 aliphatic carbocycles. The van der Waals surface area contributed by atoms with Gasteiger partial charge in [0, 0.05) is 25.7 Å². The van der Waals surface area contributed by atoms with Crippen LogP contribution in [-0.2, 0) is 0 Å². The normalized spacial score (nSPS) is 43.9. The van der Waals surface area contributed by atoms with Crippen LogP contribution >= 0.6 is 11.8 Å². The number of thioether (sulfide) groups is 1. The molecule has 1 N–H and O–H groups in total. The number of nitrogens with zero attached hydrogens (tertiary/aromatic N) is 1. The summed E-state index contributed by atoms with van der Waals surface area (Å²) in [5.41, 5.74) is 0. The summed E-state index contributed by atoms with van der Waals surface area (Å²) in [6, 6.07) is 0.919. The van der Waals surface area contributed by atoms with E-state index in [1.54, 1.807) is 0 Å². The number of fused-ring (bicyclic) bond motifs is 2. The zero-order valence-corrected chi connectivity index (χ0v) is 9.38. The molecule has 2 bridgehead atoms. The van der Waals surface area contributed by atoms with Crippen LogP contribution in [-0.4, -0.2) is 47.3 Å². The lowest BCUT2D eigenvalue weighted by molar-refractivity contribution is 0.0358. The maximum atomic E-state index is 9.41. The molecule has 0 amide bonds. The summed E-state index contributed by atoms with van der Waals surface area (Å²) in [6.07, 6.45) is 2.85. The lowest BCUT2D eigenvalue weighted by atomic mass is 9.79. The zero-order chi connectivity index (χ0) is 9.54. The summed E-state index contributed by atoms with van der Waals surface area (Å²) in [5, 5.41) is 9.41. The van der Waals surface area contributed by atoms with Crippen LogP contribution in [0.5, 0.6) is 0 Å². The number of rotatable bonds is 2. The molecule has 1 saturated carbocycles. The van der Waals surface area contributed by atoms with Gasteiger partial charge in [0.15, 0.2) is 0 Å². The predicted octanol–water partition coefficient (Wildman–Crippen LogP) is 1.05. The summed E-state index contributed by atoms with van der Waals surface area (Å²) in [5.74, 6) is 4.73. The van der Waals surface area contributed by atoms with Gasteiger partial charge in [0.25, 0.3) is 0 Å². The van der Waals surface area contributed by atoms with Gasteiger partial charge in [-0.1, -0.05) is 0 Å². The smallest absolute Gasteiger partial charge is 0.0466 e. The second-order valence-corrected chi connectivity index (χ2v) is 6.16. The Bertz CT molecular complexity index is 205. The van der Waals surface area contributed by atoms with Crippen molar-refractivity contribution in [3.05, 3.63) is 0 Å². The quantitative estimate of drug-likeness (QED) is 0.742. The highest BCUT2D eigenvalue weighted by molar-refractivity contribution is 7.99. The SMILES string of the molecule is OCC1C2CSCC1CN(C1CC1)C2. The summed E-state index contributed by atoms with van der Waals surface area (Å²) in [7, 11) is 0. The van der Waals surface area contributed by atoms with Crippen molar-refractivity contribution in [2.24, 2.45) is 17.8 Å². The highest BCUT2D eigenvalue weighted by atomic mass is 32.2. The molecule has 0 aromatic carbocycles. The van der Waals surface area contributed by atoms with Gasteiger partial charge < -0.3 is 5.11 Å². The third-order valence-electron chi connectivity index (χ3n) is 4.09. The molecule has 2 aliphatic heterocycles. The Hall–Kier alpha value is 0.270. The summed E-state index contributed by atoms with van der Waals surface area (Å²) in [4.78, 5) is 2.70. The fraction of sp³-hybridized carbons (Fsp3) is 1.00. The van der Waals surface area contributed by atoms with Crippen molar-refractivity contribution in [3.8, 4) is 0 Å². The van der Waals surface area contributed by atoms with Crippen molar-refractivity contribution in [1.82, 2.24) is 4.90 Å². The summed E-state index contributed by atoms with van der Waals surface area (Å²) in [6.45, 7) is 2.95. The minimum atomic E-state index is 0.425. The van der Waals surface area contributed by atoms with E-state index >= 15 is 0 Å². The maximum absolute atomic E-state index is 9.41. The zero-order valence-electron chi connectivity index (χ0n) is 8.56. The molecule has 14 heavy (non-hydrogen) atoms. The summed E-state index contributed by atoms with van der Waals surface area (Å²) >= 11 is 2.10. The monoisotopic (exact) mass is 213 g/mol. The van der Waals surface area contributed by atoms with E-state index in [-0.39, 0.29) is 0 Å². The second-order valence-electron chi connectivity index (χ2n) is 5.09. The van der Waals surface area contributed by atoms with Crippen LogP contribution in [0, 0.1) is 17.8 Å². The van der Waals surface area contributed by atoms with E-state index in [9.17, 15) is 5.11 Å². The van der Waals surface area contributed by atoms with Gasteiger partial charge in [-0.3, -0.25) is 4.90 Å². The highest BCUT2D eigenvalue weighted by Crippen LogP contribution is 2.41. The predicted molar refractivity (Wildman–Crippen MR) is 59.5 cm³/mol. The van der Waals surface area contributed by atoms with Gasteiger partial charge in [0.2, 0.25) is 0 Å². The number of hydrogen-bond donors (Lipinski definition) is 1. The van der Waals surface area contributed by atoms with E-state index < -0.39 is 0 Å². The average molecular weight is 213 g/mol. The van der Waals surface area contributed by atoms with Crippen LogP contribution in [0.2, 0.25) is 0 Å². The first-order chi connectivity index (χ1) is 6.88. The van der Waals surface area contributed by atoms with Gasteiger partial charge in [-0.25, -0.2) is 0 Å². The molecule has 0 aromatic heterocycles. The minimum absolute atomic E-state index is 0.425. The van der Waals surface area contributed by atoms with Crippen LogP contribution in [0.3, 0.4) is 0 Å². The first kappa shape index (κ1) is 9.49. The Morgan fingerprint density at radius 1 is 1.14 bits per heavy atom. The largest absolute Gasteiger partial charge is 0.396 e. The number of hydrogen-bond acceptors (Lipinski definition) is 3. The minimum Gasteiger partial charge on any atom is -0.396 e. The molecule has 2 unspecified atom stereocenters. The molecule has 3 fully saturated rings. The van der Waals surface area contributed by atoms with E-state index in [1.165, 1.54) is 37.4 Å². The van der Waals surface area contributed by atoms with Crippen molar-refractivity contribution >= 4 is 11.8 Å². The third-order valence-corrected chi connectivity index (χ3v) is 5.41. The Labute approximate surface area is 90.0 Å². The molecule has 3 aliphatic rings. The van der Waals surface area contributed by atoms with Crippen LogP contribution in [0.25, 0.3) is 0 Å². The molecule has 2 nitrogen and oxygen atoms in total. The molecule has 0 aromatic rings. The van der Waals surface area contributed by atoms with Crippen molar-refractivity contribution in [3.63, 3.8) is 0 Å². The van der Waals surface area contributed by atoms with E-state index in [0.29, 0.717) is 12.5 Å². The van der Waals surface area contributed by atoms with Crippen molar-refractivity contribution in [2.75, 3.05) is 31.2 Å². The molecule has 2 heterocycles. The van der Waals surface area contributed by atoms with Crippen molar-refractivity contribution in [1.29, 1.82) is 0 Å². The topological polar surface area (TPSA) is 23.5 Å². The van der Waals surface area contributed by atoms with Gasteiger partial charge >= 0.3 is 0 Å². The van der Waals surface area contributed by atoms with Crippen LogP contribution in [0.4, 0.5) is 0 Å². The van der Waals surface area contributed by atoms with E-state index in [1.807, 2.05) is 0 Å². The number of piperidine rings is 1. The van der Waals surface area contributed by atoms with E-state index in [2.05, 4.69) is 16.7 Å². The number of likely N-dealkylation sites (tertiary alicyclic amines) is 1. The Kier molecular flexibility index (Phi) is 2.50. The van der Waals surface area contributed by atoms with Crippen LogP contribution in [0.1, 0.15) is 12.8 Å². The molecule has 2 atom stereocenters. The standard InChI is InChI=1S/C11H19NOS/c13-5-11-8-3-12(10-1-2-10)4-9(11)7-14-6-8/h8-11,13H,1-7H2. The Balaban J connectivity index is 1.71. The van der Waals surface area contributed by atoms with Crippen LogP contribution < -0.4 is 0 Å². The highest BCUT2D eigenvalue weighted by Gasteiger charge is 2.43. The summed E-state index contributed by atoms with van der Waals surface area (Å²) < 4.78 is 0. The molecule has 0 radical (unpaired) electrons. The Morgan fingerprint density at radius 2 is 1.79 bits per heavy atom. The van der Waals surface area contributed by atoms with Gasteiger partial charge in [0.05, 0.1) is 0 Å². The molecular formula is C11H19NOS. The molecule has 3 heteroatoms. The fourth-order valence-electron chi connectivity index (χ4n) is 3.09. The number of aliphatic hydroxyl groups is 1. The second kappa shape index (κ2) is 3.69. The first-order valence-electron chi connectivity index (χ1n) is 5.81. The average Bonchev–Trinajstić information content (AvgIpc) is 2.98.